The van der Waals surface area contributed by atoms with E-state index in [0.717, 1.165) is 0 Å². The fourth-order valence-electron chi connectivity index (χ4n) is 0.550. The molecule has 0 radical (unpaired) electrons. The van der Waals surface area contributed by atoms with Gasteiger partial charge in [-0.2, -0.15) is 4.89 Å². The molecule has 58 valence electrons. The summed E-state index contributed by atoms with van der Waals surface area (Å²) in [4.78, 5) is 19.4. The van der Waals surface area contributed by atoms with Gasteiger partial charge in [-0.15, -0.1) is 0 Å². The molecule has 0 bridgehead atoms. The molecule has 0 aromatic heterocycles. The van der Waals surface area contributed by atoms with E-state index in [1.807, 2.05) is 0 Å². The van der Waals surface area contributed by atoms with E-state index in [9.17, 15) is 4.79 Å². The van der Waals surface area contributed by atoms with Crippen molar-refractivity contribution in [2.24, 2.45) is 0 Å². The number of rotatable bonds is 1. The van der Waals surface area contributed by atoms with Gasteiger partial charge in [0.25, 0.3) is 0 Å². The molecular weight excluding hydrogens is 140 g/mol. The standard InChI is InChI=1S/C5H8O5/c1-7-5(6)9-4-2-3-8-10-4/h4H,2-3H2,1H3. The highest BCUT2D eigenvalue weighted by Gasteiger charge is 2.21. The average Bonchev–Trinajstić information content (AvgIpc) is 2.40. The van der Waals surface area contributed by atoms with Crippen molar-refractivity contribution in [1.29, 1.82) is 0 Å². The van der Waals surface area contributed by atoms with Gasteiger partial charge in [-0.25, -0.2) is 9.68 Å². The zero-order valence-corrected chi connectivity index (χ0v) is 5.53. The van der Waals surface area contributed by atoms with E-state index in [1.54, 1.807) is 0 Å². The van der Waals surface area contributed by atoms with Gasteiger partial charge in [-0.05, 0) is 0 Å². The Hall–Kier alpha value is -0.810. The first-order chi connectivity index (χ1) is 4.83. The molecule has 0 spiro atoms. The van der Waals surface area contributed by atoms with Crippen molar-refractivity contribution in [3.8, 4) is 0 Å². The molecule has 1 aliphatic heterocycles. The number of ether oxygens (including phenoxy) is 2. The van der Waals surface area contributed by atoms with Crippen LogP contribution in [0.25, 0.3) is 0 Å². The van der Waals surface area contributed by atoms with Crippen molar-refractivity contribution in [2.45, 2.75) is 12.7 Å². The zero-order valence-electron chi connectivity index (χ0n) is 5.53. The lowest BCUT2D eigenvalue weighted by atomic mass is 10.5. The third-order valence-electron chi connectivity index (χ3n) is 1.01. The number of carbonyl (C=O) groups is 1. The molecule has 0 aromatic rings. The molecule has 5 heteroatoms. The molecular formula is C5H8O5. The van der Waals surface area contributed by atoms with Crippen LogP contribution < -0.4 is 0 Å². The molecule has 1 unspecified atom stereocenters. The van der Waals surface area contributed by atoms with E-state index in [2.05, 4.69) is 19.2 Å². The summed E-state index contributed by atoms with van der Waals surface area (Å²) in [6.07, 6.45) is -0.808. The molecule has 1 aliphatic rings. The summed E-state index contributed by atoms with van der Waals surface area (Å²) in [5, 5.41) is 0. The first-order valence-electron chi connectivity index (χ1n) is 2.86. The van der Waals surface area contributed by atoms with Crippen LogP contribution in [0.15, 0.2) is 0 Å². The van der Waals surface area contributed by atoms with Crippen molar-refractivity contribution >= 4 is 6.16 Å². The molecule has 1 atom stereocenters. The van der Waals surface area contributed by atoms with Gasteiger partial charge in [0.15, 0.2) is 0 Å². The Morgan fingerprint density at radius 1 is 1.70 bits per heavy atom. The monoisotopic (exact) mass is 148 g/mol. The largest absolute Gasteiger partial charge is 0.510 e. The molecule has 1 saturated heterocycles. The lowest BCUT2D eigenvalue weighted by Crippen LogP contribution is -2.16. The maximum absolute atomic E-state index is 10.4. The molecule has 0 N–H and O–H groups in total. The SMILES string of the molecule is COC(=O)OC1CCOO1. The number of hydrogen-bond donors (Lipinski definition) is 0. The van der Waals surface area contributed by atoms with Crippen LogP contribution in [-0.4, -0.2) is 26.2 Å². The van der Waals surface area contributed by atoms with Crippen molar-refractivity contribution in [1.82, 2.24) is 0 Å². The molecule has 1 rings (SSSR count). The Morgan fingerprint density at radius 2 is 2.50 bits per heavy atom. The average molecular weight is 148 g/mol. The summed E-state index contributed by atoms with van der Waals surface area (Å²) in [6, 6.07) is 0. The Balaban J connectivity index is 2.17. The van der Waals surface area contributed by atoms with Crippen molar-refractivity contribution in [3.63, 3.8) is 0 Å². The van der Waals surface area contributed by atoms with Gasteiger partial charge in [0.2, 0.25) is 6.29 Å². The van der Waals surface area contributed by atoms with Gasteiger partial charge in [0.1, 0.15) is 0 Å². The molecule has 0 saturated carbocycles. The minimum Gasteiger partial charge on any atom is -0.438 e. The van der Waals surface area contributed by atoms with E-state index < -0.39 is 12.4 Å². The Labute approximate surface area is 57.7 Å². The van der Waals surface area contributed by atoms with E-state index in [1.165, 1.54) is 7.11 Å². The highest BCUT2D eigenvalue weighted by atomic mass is 17.2. The quantitative estimate of drug-likeness (QED) is 0.399. The second-order valence-electron chi connectivity index (χ2n) is 1.71. The Morgan fingerprint density at radius 3 is 3.00 bits per heavy atom. The summed E-state index contributed by atoms with van der Waals surface area (Å²) in [7, 11) is 1.23. The molecule has 5 nitrogen and oxygen atoms in total. The van der Waals surface area contributed by atoms with Crippen molar-refractivity contribution < 1.29 is 24.0 Å². The van der Waals surface area contributed by atoms with Crippen LogP contribution in [0, 0.1) is 0 Å². The maximum atomic E-state index is 10.4. The van der Waals surface area contributed by atoms with E-state index in [4.69, 9.17) is 0 Å². The first-order valence-corrected chi connectivity index (χ1v) is 2.86. The summed E-state index contributed by atoms with van der Waals surface area (Å²) >= 11 is 0. The third kappa shape index (κ3) is 1.85. The molecule has 1 fully saturated rings. The van der Waals surface area contributed by atoms with Crippen LogP contribution in [0.4, 0.5) is 4.79 Å². The van der Waals surface area contributed by atoms with Gasteiger partial charge in [-0.3, -0.25) is 0 Å². The minimum absolute atomic E-state index is 0.446. The van der Waals surface area contributed by atoms with Gasteiger partial charge in [-0.1, -0.05) is 0 Å². The molecule has 10 heavy (non-hydrogen) atoms. The van der Waals surface area contributed by atoms with Crippen LogP contribution in [0.1, 0.15) is 6.42 Å². The van der Waals surface area contributed by atoms with Crippen LogP contribution in [0.5, 0.6) is 0 Å². The predicted octanol–water partition coefficient (Wildman–Crippen LogP) is 0.447. The van der Waals surface area contributed by atoms with Gasteiger partial charge in [0.05, 0.1) is 13.7 Å². The van der Waals surface area contributed by atoms with Crippen molar-refractivity contribution in [2.75, 3.05) is 13.7 Å². The molecule has 0 amide bonds. The normalized spacial score (nSPS) is 24.3. The summed E-state index contributed by atoms with van der Waals surface area (Å²) in [5.74, 6) is 0. The summed E-state index contributed by atoms with van der Waals surface area (Å²) in [5.41, 5.74) is 0. The van der Waals surface area contributed by atoms with Gasteiger partial charge < -0.3 is 9.47 Å². The van der Waals surface area contributed by atoms with Crippen LogP contribution >= 0.6 is 0 Å². The first kappa shape index (κ1) is 7.30. The van der Waals surface area contributed by atoms with E-state index in [0.29, 0.717) is 13.0 Å². The smallest absolute Gasteiger partial charge is 0.438 e. The summed E-state index contributed by atoms with van der Waals surface area (Å²) in [6.45, 7) is 0.446. The predicted molar refractivity (Wildman–Crippen MR) is 28.9 cm³/mol. The van der Waals surface area contributed by atoms with Crippen LogP contribution in [-0.2, 0) is 19.2 Å². The Bertz CT molecular complexity index is 117. The van der Waals surface area contributed by atoms with E-state index >= 15 is 0 Å². The number of methoxy groups -OCH3 is 1. The Kier molecular flexibility index (Phi) is 2.47. The lowest BCUT2D eigenvalue weighted by Gasteiger charge is -2.05. The molecule has 0 aliphatic carbocycles. The fourth-order valence-corrected chi connectivity index (χ4v) is 0.550. The minimum atomic E-state index is -0.754. The summed E-state index contributed by atoms with van der Waals surface area (Å²) < 4.78 is 8.77. The second-order valence-corrected chi connectivity index (χ2v) is 1.71. The van der Waals surface area contributed by atoms with Gasteiger partial charge >= 0.3 is 6.16 Å². The van der Waals surface area contributed by atoms with Crippen LogP contribution in [0.3, 0.4) is 0 Å². The van der Waals surface area contributed by atoms with Gasteiger partial charge in [0, 0.05) is 6.42 Å². The second kappa shape index (κ2) is 3.38. The van der Waals surface area contributed by atoms with Crippen molar-refractivity contribution in [3.05, 3.63) is 0 Å². The topological polar surface area (TPSA) is 54.0 Å². The third-order valence-corrected chi connectivity index (χ3v) is 1.01. The zero-order chi connectivity index (χ0) is 7.40. The fraction of sp³-hybridized carbons (Fsp3) is 0.800. The van der Waals surface area contributed by atoms with E-state index in [-0.39, 0.29) is 0 Å². The highest BCUT2D eigenvalue weighted by molar-refractivity contribution is 5.59. The van der Waals surface area contributed by atoms with Crippen LogP contribution in [0.2, 0.25) is 0 Å². The lowest BCUT2D eigenvalue weighted by molar-refractivity contribution is -0.317. The number of carbonyl (C=O) groups excluding carboxylic acids is 1. The molecule has 1 heterocycles. The maximum Gasteiger partial charge on any atom is 0.510 e. The highest BCUT2D eigenvalue weighted by Crippen LogP contribution is 2.10. The number of hydrogen-bond acceptors (Lipinski definition) is 5. The molecule has 0 aromatic carbocycles.